The zero-order chi connectivity index (χ0) is 42.4. The summed E-state index contributed by atoms with van der Waals surface area (Å²) >= 11 is 0. The van der Waals surface area contributed by atoms with Gasteiger partial charge in [-0.2, -0.15) is 0 Å². The highest BCUT2D eigenvalue weighted by molar-refractivity contribution is 5.98. The maximum atomic E-state index is 13.8. The lowest BCUT2D eigenvalue weighted by molar-refractivity contribution is -0.142. The van der Waals surface area contributed by atoms with Crippen molar-refractivity contribution in [2.24, 2.45) is 39.6 Å². The molecule has 0 heterocycles. The van der Waals surface area contributed by atoms with Gasteiger partial charge in [-0.25, -0.2) is 4.79 Å². The van der Waals surface area contributed by atoms with Gasteiger partial charge in [-0.05, 0) is 56.6 Å². The highest BCUT2D eigenvalue weighted by Crippen LogP contribution is 2.11. The van der Waals surface area contributed by atoms with Crippen LogP contribution in [0.2, 0.25) is 0 Å². The molecular weight excluding hydrogens is 734 g/mol. The number of carboxylic acid groups (broad SMARTS) is 2. The zero-order valence-corrected chi connectivity index (χ0v) is 31.7. The number of carbonyl (C=O) groups is 8. The molecule has 0 aliphatic heterocycles. The van der Waals surface area contributed by atoms with Crippen LogP contribution in [0, 0.1) is 5.92 Å². The number of hydrogen-bond donors (Lipinski definition) is 12. The van der Waals surface area contributed by atoms with E-state index in [2.05, 4.69) is 31.6 Å². The van der Waals surface area contributed by atoms with Crippen LogP contribution in [-0.2, 0) is 44.8 Å². The topological polar surface area (TPSA) is 380 Å². The summed E-state index contributed by atoms with van der Waals surface area (Å²) in [5.74, 6) is -8.57. The van der Waals surface area contributed by atoms with Crippen LogP contribution in [-0.4, -0.2) is 113 Å². The van der Waals surface area contributed by atoms with Crippen LogP contribution < -0.4 is 55.3 Å². The van der Waals surface area contributed by atoms with E-state index in [0.717, 1.165) is 0 Å². The molecule has 0 aromatic heterocycles. The number of aliphatic imine (C=N–C) groups is 1. The van der Waals surface area contributed by atoms with Crippen molar-refractivity contribution in [2.75, 3.05) is 13.1 Å². The highest BCUT2D eigenvalue weighted by Gasteiger charge is 2.34. The summed E-state index contributed by atoms with van der Waals surface area (Å²) in [5.41, 5.74) is 27.9. The number of amides is 6. The molecule has 0 radical (unpaired) electrons. The maximum Gasteiger partial charge on any atom is 0.326 e. The van der Waals surface area contributed by atoms with Gasteiger partial charge in [0, 0.05) is 13.0 Å². The molecular formula is C35H57N11O10. The fraction of sp³-hybridized carbons (Fsp3) is 0.571. The van der Waals surface area contributed by atoms with E-state index < -0.39 is 96.5 Å². The molecule has 0 fully saturated rings. The van der Waals surface area contributed by atoms with Gasteiger partial charge in [0.05, 0.1) is 18.9 Å². The minimum absolute atomic E-state index is 0.0156. The molecule has 0 saturated carbocycles. The quantitative estimate of drug-likeness (QED) is 0.0235. The molecule has 17 N–H and O–H groups in total. The standard InChI is InChI=1S/C35H57N11O10/c1-19(2)15-24(31(52)45-25(16-20-9-4-3-5-10-20)32(53)43-23(34(55)56)12-8-14-41-35(39)40)44-33(54)26(18-27(38)47)46-30(51)22(11-6-7-13-36)42-29(50)21(37)17-28(48)49/h3-5,9-10,19,21-26H,6-8,11-18,36-37H2,1-2H3,(H2,38,47)(H,42,50)(H,43,53)(H,44,54)(H,45,52)(H,46,51)(H,48,49)(H,55,56)(H4,39,40,41)/t21-,22-,23-,24-,25-,26-/m0/s1. The number of nitrogens with zero attached hydrogens (tertiary/aromatic N) is 1. The average Bonchev–Trinajstić information content (AvgIpc) is 3.10. The Bertz CT molecular complexity index is 1520. The fourth-order valence-electron chi connectivity index (χ4n) is 5.34. The monoisotopic (exact) mass is 791 g/mol. The molecule has 1 aromatic rings. The van der Waals surface area contributed by atoms with Crippen LogP contribution in [0.15, 0.2) is 35.3 Å². The van der Waals surface area contributed by atoms with Crippen LogP contribution >= 0.6 is 0 Å². The molecule has 6 atom stereocenters. The van der Waals surface area contributed by atoms with Crippen molar-refractivity contribution in [2.45, 2.75) is 108 Å². The van der Waals surface area contributed by atoms with E-state index in [9.17, 15) is 43.5 Å². The minimum Gasteiger partial charge on any atom is -0.481 e. The predicted octanol–water partition coefficient (Wildman–Crippen LogP) is -3.36. The van der Waals surface area contributed by atoms with Gasteiger partial charge in [-0.3, -0.25) is 38.6 Å². The lowest BCUT2D eigenvalue weighted by Crippen LogP contribution is -2.60. The van der Waals surface area contributed by atoms with Crippen molar-refractivity contribution in [3.8, 4) is 0 Å². The second-order valence-corrected chi connectivity index (χ2v) is 13.6. The summed E-state index contributed by atoms with van der Waals surface area (Å²) in [6, 6.07) is 0.129. The van der Waals surface area contributed by atoms with Crippen molar-refractivity contribution >= 4 is 53.3 Å². The molecule has 1 aromatic carbocycles. The molecule has 0 aliphatic rings. The van der Waals surface area contributed by atoms with E-state index in [4.69, 9.17) is 33.8 Å². The molecule has 21 nitrogen and oxygen atoms in total. The van der Waals surface area contributed by atoms with E-state index in [-0.39, 0.29) is 57.1 Å². The van der Waals surface area contributed by atoms with Gasteiger partial charge in [-0.15, -0.1) is 0 Å². The lowest BCUT2D eigenvalue weighted by atomic mass is 10.00. The Hall–Kier alpha value is -5.83. The van der Waals surface area contributed by atoms with E-state index >= 15 is 0 Å². The zero-order valence-electron chi connectivity index (χ0n) is 31.7. The van der Waals surface area contributed by atoms with E-state index in [0.29, 0.717) is 18.4 Å². The predicted molar refractivity (Wildman–Crippen MR) is 204 cm³/mol. The SMILES string of the molecule is CC(C)C[C@H](NC(=O)[C@H](CC(N)=O)NC(=O)[C@H](CCCCN)NC(=O)[C@@H](N)CC(=O)O)C(=O)N[C@@H](Cc1ccccc1)C(=O)N[C@@H](CCCN=C(N)N)C(=O)O. The van der Waals surface area contributed by atoms with Crippen LogP contribution in [0.5, 0.6) is 0 Å². The second-order valence-electron chi connectivity index (χ2n) is 13.6. The van der Waals surface area contributed by atoms with Gasteiger partial charge in [0.15, 0.2) is 5.96 Å². The number of nitrogens with one attached hydrogen (secondary N) is 5. The largest absolute Gasteiger partial charge is 0.481 e. The summed E-state index contributed by atoms with van der Waals surface area (Å²) in [4.78, 5) is 106. The van der Waals surface area contributed by atoms with Crippen LogP contribution in [0.1, 0.15) is 70.8 Å². The van der Waals surface area contributed by atoms with Gasteiger partial charge in [0.2, 0.25) is 35.4 Å². The highest BCUT2D eigenvalue weighted by atomic mass is 16.4. The van der Waals surface area contributed by atoms with Crippen molar-refractivity contribution in [1.29, 1.82) is 0 Å². The molecule has 312 valence electrons. The lowest BCUT2D eigenvalue weighted by Gasteiger charge is -2.27. The molecule has 0 spiro atoms. The third kappa shape index (κ3) is 19.5. The molecule has 21 heteroatoms. The normalized spacial score (nSPS) is 14.1. The molecule has 0 aliphatic carbocycles. The Labute approximate surface area is 324 Å². The molecule has 1 rings (SSSR count). The molecule has 0 saturated heterocycles. The summed E-state index contributed by atoms with van der Waals surface area (Å²) < 4.78 is 0. The maximum absolute atomic E-state index is 13.8. The number of primary amides is 1. The molecule has 0 unspecified atom stereocenters. The third-order valence-electron chi connectivity index (χ3n) is 8.17. The second kappa shape index (κ2) is 25.3. The number of hydrogen-bond acceptors (Lipinski definition) is 11. The fourth-order valence-corrected chi connectivity index (χ4v) is 5.34. The van der Waals surface area contributed by atoms with Gasteiger partial charge < -0.3 is 65.5 Å². The van der Waals surface area contributed by atoms with Crippen molar-refractivity contribution in [3.05, 3.63) is 35.9 Å². The first-order chi connectivity index (χ1) is 26.3. The Morgan fingerprint density at radius 1 is 0.661 bits per heavy atom. The number of aliphatic carboxylic acids is 2. The number of guanidine groups is 1. The Morgan fingerprint density at radius 3 is 1.73 bits per heavy atom. The Morgan fingerprint density at radius 2 is 1.18 bits per heavy atom. The summed E-state index contributed by atoms with van der Waals surface area (Å²) in [5, 5.41) is 31.1. The first-order valence-corrected chi connectivity index (χ1v) is 18.1. The van der Waals surface area contributed by atoms with Gasteiger partial charge in [0.25, 0.3) is 0 Å². The number of rotatable bonds is 27. The van der Waals surface area contributed by atoms with Gasteiger partial charge >= 0.3 is 11.9 Å². The van der Waals surface area contributed by atoms with Crippen LogP contribution in [0.4, 0.5) is 0 Å². The number of carboxylic acids is 2. The Kier molecular flexibility index (Phi) is 21.8. The first kappa shape index (κ1) is 48.2. The average molecular weight is 792 g/mol. The number of nitrogens with two attached hydrogens (primary N) is 5. The minimum atomic E-state index is -1.64. The van der Waals surface area contributed by atoms with Crippen molar-refractivity contribution in [1.82, 2.24) is 26.6 Å². The smallest absolute Gasteiger partial charge is 0.326 e. The summed E-state index contributed by atoms with van der Waals surface area (Å²) in [7, 11) is 0. The number of unbranched alkanes of at least 4 members (excludes halogenated alkanes) is 1. The Balaban J connectivity index is 3.33. The van der Waals surface area contributed by atoms with E-state index in [1.807, 2.05) is 0 Å². The van der Waals surface area contributed by atoms with E-state index in [1.165, 1.54) is 0 Å². The number of carbonyl (C=O) groups excluding carboxylic acids is 6. The number of benzene rings is 1. The summed E-state index contributed by atoms with van der Waals surface area (Å²) in [6.07, 6.45) is -0.469. The molecule has 6 amide bonds. The van der Waals surface area contributed by atoms with Crippen molar-refractivity contribution < 1.29 is 48.6 Å². The molecule has 0 bridgehead atoms. The van der Waals surface area contributed by atoms with Crippen LogP contribution in [0.3, 0.4) is 0 Å². The van der Waals surface area contributed by atoms with Gasteiger partial charge in [-0.1, -0.05) is 44.2 Å². The van der Waals surface area contributed by atoms with Crippen LogP contribution in [0.25, 0.3) is 0 Å². The molecule has 56 heavy (non-hydrogen) atoms. The van der Waals surface area contributed by atoms with Crippen molar-refractivity contribution in [3.63, 3.8) is 0 Å². The first-order valence-electron chi connectivity index (χ1n) is 18.1. The summed E-state index contributed by atoms with van der Waals surface area (Å²) in [6.45, 7) is 3.89. The van der Waals surface area contributed by atoms with Gasteiger partial charge in [0.1, 0.15) is 30.2 Å². The van der Waals surface area contributed by atoms with E-state index in [1.54, 1.807) is 44.2 Å². The third-order valence-corrected chi connectivity index (χ3v) is 8.17.